The Morgan fingerprint density at radius 3 is 2.04 bits per heavy atom. The van der Waals surface area contributed by atoms with Gasteiger partial charge in [0.25, 0.3) is 0 Å². The van der Waals surface area contributed by atoms with Gasteiger partial charge in [0.15, 0.2) is 0 Å². The molecule has 0 spiro atoms. The van der Waals surface area contributed by atoms with E-state index in [4.69, 9.17) is 4.74 Å². The molecule has 0 amide bonds. The molecule has 144 valence electrons. The van der Waals surface area contributed by atoms with Crippen molar-refractivity contribution >= 4 is 0 Å². The number of hydrogen-bond acceptors (Lipinski definition) is 3. The van der Waals surface area contributed by atoms with Crippen LogP contribution in [0.15, 0.2) is 84.9 Å². The highest BCUT2D eigenvalue weighted by Gasteiger charge is 2.44. The van der Waals surface area contributed by atoms with Gasteiger partial charge in [-0.1, -0.05) is 90.5 Å². The van der Waals surface area contributed by atoms with Crippen LogP contribution in [0, 0.1) is 6.92 Å². The summed E-state index contributed by atoms with van der Waals surface area (Å²) in [6.45, 7) is 3.41. The second-order valence-electron chi connectivity index (χ2n) is 7.61. The van der Waals surface area contributed by atoms with Crippen molar-refractivity contribution in [1.29, 1.82) is 0 Å². The average molecular weight is 373 g/mol. The smallest absolute Gasteiger partial charge is 0.130 e. The molecule has 4 rings (SSSR count). The molecule has 3 aromatic rings. The fourth-order valence-corrected chi connectivity index (χ4v) is 4.00. The minimum atomic E-state index is -1.09. The summed E-state index contributed by atoms with van der Waals surface area (Å²) in [6.07, 6.45) is 0.830. The predicted octanol–water partition coefficient (Wildman–Crippen LogP) is 4.18. The quantitative estimate of drug-likeness (QED) is 0.681. The minimum absolute atomic E-state index is 0.0743. The van der Waals surface area contributed by atoms with E-state index >= 15 is 0 Å². The summed E-state index contributed by atoms with van der Waals surface area (Å²) in [7, 11) is 0. The van der Waals surface area contributed by atoms with Gasteiger partial charge in [-0.05, 0) is 30.0 Å². The number of nitrogens with one attached hydrogen (secondary N) is 1. The lowest BCUT2D eigenvalue weighted by atomic mass is 9.79. The normalized spacial score (nSPS) is 19.6. The van der Waals surface area contributed by atoms with E-state index in [1.807, 2.05) is 60.7 Å². The molecule has 3 nitrogen and oxygen atoms in total. The molecule has 0 unspecified atom stereocenters. The molecule has 0 aliphatic carbocycles. The van der Waals surface area contributed by atoms with E-state index in [-0.39, 0.29) is 12.1 Å². The zero-order valence-electron chi connectivity index (χ0n) is 16.2. The van der Waals surface area contributed by atoms with Crippen molar-refractivity contribution in [3.63, 3.8) is 0 Å². The summed E-state index contributed by atoms with van der Waals surface area (Å²) in [5.74, 6) is 0. The van der Waals surface area contributed by atoms with Crippen LogP contribution in [0.5, 0.6) is 0 Å². The van der Waals surface area contributed by atoms with Crippen LogP contribution >= 0.6 is 0 Å². The number of rotatable bonds is 6. The molecule has 1 saturated heterocycles. The first-order valence-electron chi connectivity index (χ1n) is 9.90. The van der Waals surface area contributed by atoms with Gasteiger partial charge in [-0.2, -0.15) is 0 Å². The predicted molar refractivity (Wildman–Crippen MR) is 112 cm³/mol. The SMILES string of the molecule is Cc1ccc(CO[C@H]2CN[C@@H](C(O)(c3ccccc3)c3ccccc3)C2)cc1. The summed E-state index contributed by atoms with van der Waals surface area (Å²) < 4.78 is 6.15. The summed E-state index contributed by atoms with van der Waals surface area (Å²) in [5.41, 5.74) is 3.14. The molecule has 1 fully saturated rings. The highest BCUT2D eigenvalue weighted by molar-refractivity contribution is 5.38. The van der Waals surface area contributed by atoms with Gasteiger partial charge in [-0.3, -0.25) is 0 Å². The monoisotopic (exact) mass is 373 g/mol. The van der Waals surface area contributed by atoms with Gasteiger partial charge in [-0.25, -0.2) is 0 Å². The zero-order chi connectivity index (χ0) is 19.4. The van der Waals surface area contributed by atoms with Gasteiger partial charge in [-0.15, -0.1) is 0 Å². The molecule has 3 heteroatoms. The molecule has 1 heterocycles. The Hall–Kier alpha value is -2.46. The van der Waals surface area contributed by atoms with Gasteiger partial charge in [0, 0.05) is 12.6 Å². The topological polar surface area (TPSA) is 41.5 Å². The zero-order valence-corrected chi connectivity index (χ0v) is 16.2. The third kappa shape index (κ3) is 3.88. The molecule has 0 radical (unpaired) electrons. The molecule has 1 aliphatic heterocycles. The maximum atomic E-state index is 11.9. The Balaban J connectivity index is 1.51. The van der Waals surface area contributed by atoms with Crippen molar-refractivity contribution in [1.82, 2.24) is 5.32 Å². The number of ether oxygens (including phenoxy) is 1. The molecule has 2 atom stereocenters. The van der Waals surface area contributed by atoms with Crippen LogP contribution in [0.2, 0.25) is 0 Å². The Labute approximate surface area is 167 Å². The van der Waals surface area contributed by atoms with E-state index in [0.29, 0.717) is 6.61 Å². The van der Waals surface area contributed by atoms with Crippen molar-refractivity contribution in [2.24, 2.45) is 0 Å². The van der Waals surface area contributed by atoms with Crippen molar-refractivity contribution < 1.29 is 9.84 Å². The van der Waals surface area contributed by atoms with E-state index in [0.717, 1.165) is 24.1 Å². The van der Waals surface area contributed by atoms with Crippen LogP contribution in [0.1, 0.15) is 28.7 Å². The first-order chi connectivity index (χ1) is 13.7. The lowest BCUT2D eigenvalue weighted by molar-refractivity contribution is 0.0229. The van der Waals surface area contributed by atoms with Crippen molar-refractivity contribution in [3.05, 3.63) is 107 Å². The highest BCUT2D eigenvalue weighted by Crippen LogP contribution is 2.37. The standard InChI is InChI=1S/C25H27NO2/c1-19-12-14-20(15-13-19)18-28-23-16-24(26-17-23)25(27,21-8-4-2-5-9-21)22-10-6-3-7-11-22/h2-15,23-24,26-27H,16-18H2,1H3/t23-,24-/m1/s1. The summed E-state index contributed by atoms with van der Waals surface area (Å²) in [5, 5.41) is 15.4. The number of benzene rings is 3. The molecule has 2 N–H and O–H groups in total. The number of aryl methyl sites for hydroxylation is 1. The number of aliphatic hydroxyl groups is 1. The number of hydrogen-bond donors (Lipinski definition) is 2. The molecule has 0 saturated carbocycles. The van der Waals surface area contributed by atoms with Crippen LogP contribution in [-0.4, -0.2) is 23.8 Å². The highest BCUT2D eigenvalue weighted by atomic mass is 16.5. The Bertz CT molecular complexity index is 838. The van der Waals surface area contributed by atoms with Crippen LogP contribution in [0.4, 0.5) is 0 Å². The van der Waals surface area contributed by atoms with Crippen molar-refractivity contribution in [2.75, 3.05) is 6.54 Å². The van der Waals surface area contributed by atoms with E-state index < -0.39 is 5.60 Å². The van der Waals surface area contributed by atoms with E-state index in [2.05, 4.69) is 36.5 Å². The Kier molecular flexibility index (Phi) is 5.58. The Morgan fingerprint density at radius 1 is 0.893 bits per heavy atom. The first kappa shape index (κ1) is 18.9. The van der Waals surface area contributed by atoms with Crippen LogP contribution < -0.4 is 5.32 Å². The fraction of sp³-hybridized carbons (Fsp3) is 0.280. The van der Waals surface area contributed by atoms with Gasteiger partial charge >= 0.3 is 0 Å². The third-order valence-corrected chi connectivity index (χ3v) is 5.63. The largest absolute Gasteiger partial charge is 0.379 e. The summed E-state index contributed by atoms with van der Waals surface area (Å²) >= 11 is 0. The minimum Gasteiger partial charge on any atom is -0.379 e. The van der Waals surface area contributed by atoms with Gasteiger partial charge in [0.1, 0.15) is 5.60 Å². The van der Waals surface area contributed by atoms with Crippen LogP contribution in [0.3, 0.4) is 0 Å². The second-order valence-corrected chi connectivity index (χ2v) is 7.61. The first-order valence-corrected chi connectivity index (χ1v) is 9.90. The average Bonchev–Trinajstić information content (AvgIpc) is 3.24. The maximum absolute atomic E-state index is 11.9. The van der Waals surface area contributed by atoms with E-state index in [1.54, 1.807) is 0 Å². The second kappa shape index (κ2) is 8.27. The lowest BCUT2D eigenvalue weighted by Crippen LogP contribution is -2.46. The van der Waals surface area contributed by atoms with Gasteiger partial charge in [0.2, 0.25) is 0 Å². The molecule has 0 bridgehead atoms. The van der Waals surface area contributed by atoms with E-state index in [9.17, 15) is 5.11 Å². The van der Waals surface area contributed by atoms with E-state index in [1.165, 1.54) is 11.1 Å². The maximum Gasteiger partial charge on any atom is 0.130 e. The van der Waals surface area contributed by atoms with Crippen LogP contribution in [-0.2, 0) is 16.9 Å². The van der Waals surface area contributed by atoms with Crippen LogP contribution in [0.25, 0.3) is 0 Å². The molecule has 0 aromatic heterocycles. The summed E-state index contributed by atoms with van der Waals surface area (Å²) in [6, 6.07) is 28.2. The third-order valence-electron chi connectivity index (χ3n) is 5.63. The molecule has 1 aliphatic rings. The molecular weight excluding hydrogens is 346 g/mol. The fourth-order valence-electron chi connectivity index (χ4n) is 4.00. The van der Waals surface area contributed by atoms with Crippen molar-refractivity contribution in [2.45, 2.75) is 37.7 Å². The molecular formula is C25H27NO2. The van der Waals surface area contributed by atoms with Gasteiger partial charge < -0.3 is 15.2 Å². The lowest BCUT2D eigenvalue weighted by Gasteiger charge is -2.35. The van der Waals surface area contributed by atoms with Crippen molar-refractivity contribution in [3.8, 4) is 0 Å². The summed E-state index contributed by atoms with van der Waals surface area (Å²) in [4.78, 5) is 0. The Morgan fingerprint density at radius 2 is 1.46 bits per heavy atom. The molecule has 28 heavy (non-hydrogen) atoms. The molecule has 3 aromatic carbocycles. The van der Waals surface area contributed by atoms with Gasteiger partial charge in [0.05, 0.1) is 12.7 Å².